The molecule has 0 saturated heterocycles. The zero-order valence-electron chi connectivity index (χ0n) is 13.2. The molecule has 0 unspecified atom stereocenters. The van der Waals surface area contributed by atoms with Crippen molar-refractivity contribution in [3.05, 3.63) is 35.2 Å². The van der Waals surface area contributed by atoms with Crippen molar-refractivity contribution in [2.24, 2.45) is 0 Å². The van der Waals surface area contributed by atoms with Crippen molar-refractivity contribution in [1.82, 2.24) is 4.90 Å². The molecule has 2 heterocycles. The van der Waals surface area contributed by atoms with Crippen molar-refractivity contribution >= 4 is 23.2 Å². The lowest BCUT2D eigenvalue weighted by molar-refractivity contribution is -0.137. The van der Waals surface area contributed by atoms with Crippen molar-refractivity contribution in [2.45, 2.75) is 6.92 Å². The first kappa shape index (κ1) is 16.3. The van der Waals surface area contributed by atoms with Gasteiger partial charge in [-0.05, 0) is 42.8 Å². The summed E-state index contributed by atoms with van der Waals surface area (Å²) >= 11 is 1.34. The predicted octanol–water partition coefficient (Wildman–Crippen LogP) is 2.73. The van der Waals surface area contributed by atoms with Gasteiger partial charge in [-0.2, -0.15) is 0 Å². The average Bonchev–Trinajstić information content (AvgIpc) is 3.08. The minimum atomic E-state index is -1.02. The summed E-state index contributed by atoms with van der Waals surface area (Å²) in [5, 5.41) is 8.89. The van der Waals surface area contributed by atoms with Gasteiger partial charge >= 0.3 is 5.97 Å². The van der Waals surface area contributed by atoms with Crippen LogP contribution in [0.1, 0.15) is 16.6 Å². The van der Waals surface area contributed by atoms with E-state index in [2.05, 4.69) is 0 Å². The molecule has 126 valence electrons. The lowest BCUT2D eigenvalue weighted by Gasteiger charge is -2.18. The largest absolute Gasteiger partial charge is 0.486 e. The normalized spacial score (nSPS) is 12.7. The van der Waals surface area contributed by atoms with Crippen molar-refractivity contribution in [3.63, 3.8) is 0 Å². The molecule has 1 aromatic heterocycles. The molecular formula is C17H17NO5S. The third-order valence-electron chi connectivity index (χ3n) is 3.64. The number of hydrogen-bond acceptors (Lipinski definition) is 5. The van der Waals surface area contributed by atoms with Gasteiger partial charge in [-0.15, -0.1) is 11.3 Å². The van der Waals surface area contributed by atoms with E-state index in [-0.39, 0.29) is 12.5 Å². The molecule has 0 saturated carbocycles. The summed E-state index contributed by atoms with van der Waals surface area (Å²) in [6.07, 6.45) is 0. The Labute approximate surface area is 143 Å². The van der Waals surface area contributed by atoms with E-state index in [0.29, 0.717) is 30.4 Å². The Morgan fingerprint density at radius 1 is 1.17 bits per heavy atom. The van der Waals surface area contributed by atoms with Crippen LogP contribution >= 0.6 is 11.3 Å². The van der Waals surface area contributed by atoms with Gasteiger partial charge in [0.25, 0.3) is 5.91 Å². The van der Waals surface area contributed by atoms with Crippen molar-refractivity contribution in [2.75, 3.05) is 26.3 Å². The molecule has 0 aliphatic carbocycles. The molecule has 0 spiro atoms. The smallest absolute Gasteiger partial charge is 0.323 e. The number of carboxylic acid groups (broad SMARTS) is 1. The number of carboxylic acids is 1. The highest BCUT2D eigenvalue weighted by Gasteiger charge is 2.20. The third kappa shape index (κ3) is 3.35. The van der Waals surface area contributed by atoms with Crippen molar-refractivity contribution in [3.8, 4) is 21.9 Å². The summed E-state index contributed by atoms with van der Waals surface area (Å²) in [5.41, 5.74) is 0.935. The van der Waals surface area contributed by atoms with E-state index in [9.17, 15) is 9.59 Å². The van der Waals surface area contributed by atoms with Gasteiger partial charge in [-0.1, -0.05) is 0 Å². The third-order valence-corrected chi connectivity index (χ3v) is 4.76. The van der Waals surface area contributed by atoms with E-state index < -0.39 is 5.97 Å². The van der Waals surface area contributed by atoms with E-state index in [1.165, 1.54) is 16.2 Å². The Kier molecular flexibility index (Phi) is 4.71. The van der Waals surface area contributed by atoms with E-state index >= 15 is 0 Å². The molecule has 1 N–H and O–H groups in total. The Morgan fingerprint density at radius 3 is 2.62 bits per heavy atom. The summed E-state index contributed by atoms with van der Waals surface area (Å²) < 4.78 is 11.1. The standard InChI is InChI=1S/C17H17NO5S/c1-2-18(10-16(19)20)17(21)15-6-5-14(24-15)11-3-4-12-13(9-11)23-8-7-22-12/h3-6,9H,2,7-8,10H2,1H3,(H,19,20). The zero-order chi connectivity index (χ0) is 17.1. The predicted molar refractivity (Wildman–Crippen MR) is 90.0 cm³/mol. The van der Waals surface area contributed by atoms with Crippen LogP contribution in [0.5, 0.6) is 11.5 Å². The Morgan fingerprint density at radius 2 is 1.92 bits per heavy atom. The number of benzene rings is 1. The van der Waals surface area contributed by atoms with Crippen LogP contribution in [-0.2, 0) is 4.79 Å². The molecule has 7 heteroatoms. The summed E-state index contributed by atoms with van der Waals surface area (Å²) in [5.74, 6) is 0.125. The number of amides is 1. The number of rotatable bonds is 5. The van der Waals surface area contributed by atoms with Crippen LogP contribution < -0.4 is 9.47 Å². The molecule has 0 bridgehead atoms. The van der Waals surface area contributed by atoms with Crippen LogP contribution in [0.15, 0.2) is 30.3 Å². The monoisotopic (exact) mass is 347 g/mol. The van der Waals surface area contributed by atoms with Crippen molar-refractivity contribution < 1.29 is 24.2 Å². The number of carbonyl (C=O) groups excluding carboxylic acids is 1. The lowest BCUT2D eigenvalue weighted by Crippen LogP contribution is -2.34. The number of likely N-dealkylation sites (N-methyl/N-ethyl adjacent to an activating group) is 1. The van der Waals surface area contributed by atoms with E-state index in [0.717, 1.165) is 16.2 Å². The number of ether oxygens (including phenoxy) is 2. The minimum absolute atomic E-state index is 0.270. The molecule has 6 nitrogen and oxygen atoms in total. The van der Waals surface area contributed by atoms with Crippen LogP contribution in [0.4, 0.5) is 0 Å². The minimum Gasteiger partial charge on any atom is -0.486 e. The number of carbonyl (C=O) groups is 2. The van der Waals surface area contributed by atoms with Gasteiger partial charge in [0.15, 0.2) is 11.5 Å². The number of thiophene rings is 1. The van der Waals surface area contributed by atoms with Gasteiger partial charge in [0.2, 0.25) is 0 Å². The van der Waals surface area contributed by atoms with Gasteiger partial charge in [-0.3, -0.25) is 9.59 Å². The maximum atomic E-state index is 12.4. The van der Waals surface area contributed by atoms with E-state index in [1.807, 2.05) is 24.3 Å². The molecule has 2 aromatic rings. The zero-order valence-corrected chi connectivity index (χ0v) is 14.0. The quantitative estimate of drug-likeness (QED) is 0.900. The summed E-state index contributed by atoms with van der Waals surface area (Å²) in [6, 6.07) is 9.25. The number of fused-ring (bicyclic) bond motifs is 1. The first-order valence-electron chi connectivity index (χ1n) is 7.59. The molecule has 0 radical (unpaired) electrons. The summed E-state index contributed by atoms with van der Waals surface area (Å²) in [4.78, 5) is 26.0. The van der Waals surface area contributed by atoms with Crippen LogP contribution in [-0.4, -0.2) is 48.2 Å². The SMILES string of the molecule is CCN(CC(=O)O)C(=O)c1ccc(-c2ccc3c(c2)OCCO3)s1. The molecule has 1 aliphatic heterocycles. The maximum absolute atomic E-state index is 12.4. The second-order valence-corrected chi connectivity index (χ2v) is 6.32. The Bertz CT molecular complexity index is 770. The lowest BCUT2D eigenvalue weighted by atomic mass is 10.1. The van der Waals surface area contributed by atoms with Gasteiger partial charge < -0.3 is 19.5 Å². The molecule has 1 aliphatic rings. The topological polar surface area (TPSA) is 76.1 Å². The highest BCUT2D eigenvalue weighted by Crippen LogP contribution is 2.37. The first-order chi connectivity index (χ1) is 11.6. The van der Waals surface area contributed by atoms with Gasteiger partial charge in [0, 0.05) is 11.4 Å². The summed E-state index contributed by atoms with van der Waals surface area (Å²) in [7, 11) is 0. The van der Waals surface area contributed by atoms with Crippen LogP contribution in [0.25, 0.3) is 10.4 Å². The highest BCUT2D eigenvalue weighted by atomic mass is 32.1. The van der Waals surface area contributed by atoms with Gasteiger partial charge in [-0.25, -0.2) is 0 Å². The average molecular weight is 347 g/mol. The van der Waals surface area contributed by atoms with Crippen molar-refractivity contribution in [1.29, 1.82) is 0 Å². The fourth-order valence-electron chi connectivity index (χ4n) is 2.45. The summed E-state index contributed by atoms with van der Waals surface area (Å²) in [6.45, 7) is 2.87. The Balaban J connectivity index is 1.82. The maximum Gasteiger partial charge on any atom is 0.323 e. The number of hydrogen-bond donors (Lipinski definition) is 1. The molecule has 24 heavy (non-hydrogen) atoms. The van der Waals surface area contributed by atoms with E-state index in [1.54, 1.807) is 13.0 Å². The van der Waals surface area contributed by atoms with Crippen LogP contribution in [0, 0.1) is 0 Å². The molecule has 1 aromatic carbocycles. The van der Waals surface area contributed by atoms with Crippen LogP contribution in [0.2, 0.25) is 0 Å². The van der Waals surface area contributed by atoms with Crippen LogP contribution in [0.3, 0.4) is 0 Å². The number of nitrogens with zero attached hydrogens (tertiary/aromatic N) is 1. The molecular weight excluding hydrogens is 330 g/mol. The molecule has 3 rings (SSSR count). The highest BCUT2D eigenvalue weighted by molar-refractivity contribution is 7.17. The van der Waals surface area contributed by atoms with Gasteiger partial charge in [0.05, 0.1) is 4.88 Å². The number of aliphatic carboxylic acids is 1. The van der Waals surface area contributed by atoms with E-state index in [4.69, 9.17) is 14.6 Å². The fourth-order valence-corrected chi connectivity index (χ4v) is 3.42. The second kappa shape index (κ2) is 6.92. The van der Waals surface area contributed by atoms with Gasteiger partial charge in [0.1, 0.15) is 19.8 Å². The first-order valence-corrected chi connectivity index (χ1v) is 8.41. The second-order valence-electron chi connectivity index (χ2n) is 5.24. The molecule has 0 fully saturated rings. The molecule has 1 amide bonds. The Hall–Kier alpha value is -2.54. The fraction of sp³-hybridized carbons (Fsp3) is 0.294. The molecule has 0 atom stereocenters.